The number of nitrogens with two attached hydrogens (primary N) is 1. The smallest absolute Gasteiger partial charge is 0.331 e. The SMILES string of the molecule is COC(=O)[C@](C)(Cc1ccc2nc(N)sc2c1)NC(C)=O. The summed E-state index contributed by atoms with van der Waals surface area (Å²) in [5.74, 6) is -0.771. The van der Waals surface area contributed by atoms with Crippen LogP contribution in [0.15, 0.2) is 18.2 Å². The minimum Gasteiger partial charge on any atom is -0.467 e. The van der Waals surface area contributed by atoms with E-state index in [2.05, 4.69) is 10.3 Å². The second-order valence-electron chi connectivity index (χ2n) is 5.04. The average molecular weight is 307 g/mol. The number of nitrogens with one attached hydrogen (secondary N) is 1. The summed E-state index contributed by atoms with van der Waals surface area (Å²) in [5.41, 5.74) is 6.29. The molecule has 0 spiro atoms. The van der Waals surface area contributed by atoms with E-state index in [9.17, 15) is 9.59 Å². The summed E-state index contributed by atoms with van der Waals surface area (Å²) in [5, 5.41) is 3.16. The van der Waals surface area contributed by atoms with Crippen molar-refractivity contribution in [3.8, 4) is 0 Å². The number of hydrogen-bond acceptors (Lipinski definition) is 6. The van der Waals surface area contributed by atoms with E-state index in [1.807, 2.05) is 18.2 Å². The molecular formula is C14H17N3O3S. The van der Waals surface area contributed by atoms with Crippen LogP contribution in [-0.4, -0.2) is 29.5 Å². The molecule has 0 aliphatic heterocycles. The number of anilines is 1. The molecule has 21 heavy (non-hydrogen) atoms. The van der Waals surface area contributed by atoms with Crippen LogP contribution in [0, 0.1) is 0 Å². The molecular weight excluding hydrogens is 290 g/mol. The number of thiazole rings is 1. The molecule has 1 atom stereocenters. The number of esters is 1. The fraction of sp³-hybridized carbons (Fsp3) is 0.357. The van der Waals surface area contributed by atoms with Crippen molar-refractivity contribution in [3.63, 3.8) is 0 Å². The molecule has 0 aliphatic rings. The van der Waals surface area contributed by atoms with Crippen molar-refractivity contribution in [1.29, 1.82) is 0 Å². The van der Waals surface area contributed by atoms with Crippen LogP contribution in [0.25, 0.3) is 10.2 Å². The normalized spacial score (nSPS) is 13.7. The highest BCUT2D eigenvalue weighted by Crippen LogP contribution is 2.26. The second kappa shape index (κ2) is 5.69. The van der Waals surface area contributed by atoms with Gasteiger partial charge in [0.05, 0.1) is 17.3 Å². The fourth-order valence-electron chi connectivity index (χ4n) is 2.29. The third-order valence-corrected chi connectivity index (χ3v) is 3.96. The molecule has 2 aromatic rings. The summed E-state index contributed by atoms with van der Waals surface area (Å²) in [6.45, 7) is 3.01. The summed E-state index contributed by atoms with van der Waals surface area (Å²) in [6, 6.07) is 5.64. The maximum Gasteiger partial charge on any atom is 0.331 e. The van der Waals surface area contributed by atoms with Crippen molar-refractivity contribution in [2.75, 3.05) is 12.8 Å². The molecule has 0 aliphatic carbocycles. The quantitative estimate of drug-likeness (QED) is 0.835. The van der Waals surface area contributed by atoms with Gasteiger partial charge in [0.2, 0.25) is 5.91 Å². The van der Waals surface area contributed by atoms with Crippen molar-refractivity contribution in [2.24, 2.45) is 0 Å². The van der Waals surface area contributed by atoms with Crippen LogP contribution in [-0.2, 0) is 20.7 Å². The second-order valence-corrected chi connectivity index (χ2v) is 6.10. The number of hydrogen-bond donors (Lipinski definition) is 2. The van der Waals surface area contributed by atoms with Gasteiger partial charge >= 0.3 is 5.97 Å². The maximum absolute atomic E-state index is 12.0. The fourth-order valence-corrected chi connectivity index (χ4v) is 3.08. The lowest BCUT2D eigenvalue weighted by molar-refractivity contribution is -0.149. The Morgan fingerprint density at radius 2 is 2.19 bits per heavy atom. The largest absolute Gasteiger partial charge is 0.467 e. The van der Waals surface area contributed by atoms with Gasteiger partial charge in [0.25, 0.3) is 0 Å². The molecule has 6 nitrogen and oxygen atoms in total. The van der Waals surface area contributed by atoms with E-state index in [1.54, 1.807) is 6.92 Å². The van der Waals surface area contributed by atoms with Gasteiger partial charge in [-0.2, -0.15) is 0 Å². The van der Waals surface area contributed by atoms with Gasteiger partial charge in [0.15, 0.2) is 5.13 Å². The van der Waals surface area contributed by atoms with E-state index in [-0.39, 0.29) is 5.91 Å². The zero-order valence-corrected chi connectivity index (χ0v) is 12.9. The number of nitrogen functional groups attached to an aromatic ring is 1. The van der Waals surface area contributed by atoms with Crippen LogP contribution >= 0.6 is 11.3 Å². The topological polar surface area (TPSA) is 94.3 Å². The first kappa shape index (κ1) is 15.2. The molecule has 3 N–H and O–H groups in total. The number of carbonyl (C=O) groups is 2. The lowest BCUT2D eigenvalue weighted by Crippen LogP contribution is -2.53. The molecule has 0 bridgehead atoms. The summed E-state index contributed by atoms with van der Waals surface area (Å²) in [7, 11) is 1.30. The minimum absolute atomic E-state index is 0.286. The van der Waals surface area contributed by atoms with Crippen LogP contribution in [0.5, 0.6) is 0 Å². The third-order valence-electron chi connectivity index (χ3n) is 3.11. The Morgan fingerprint density at radius 3 is 2.81 bits per heavy atom. The predicted octanol–water partition coefficient (Wildman–Crippen LogP) is 1.49. The molecule has 1 heterocycles. The van der Waals surface area contributed by atoms with Crippen LogP contribution in [0.2, 0.25) is 0 Å². The average Bonchev–Trinajstić information content (AvgIpc) is 2.76. The van der Waals surface area contributed by atoms with Gasteiger partial charge in [-0.1, -0.05) is 17.4 Å². The summed E-state index contributed by atoms with van der Waals surface area (Å²) < 4.78 is 5.74. The summed E-state index contributed by atoms with van der Waals surface area (Å²) in [6.07, 6.45) is 0.326. The van der Waals surface area contributed by atoms with Gasteiger partial charge in [-0.3, -0.25) is 4.79 Å². The zero-order chi connectivity index (χ0) is 15.6. The van der Waals surface area contributed by atoms with Crippen molar-refractivity contribution in [2.45, 2.75) is 25.8 Å². The maximum atomic E-state index is 12.0. The van der Waals surface area contributed by atoms with Gasteiger partial charge in [-0.25, -0.2) is 9.78 Å². The Morgan fingerprint density at radius 1 is 1.48 bits per heavy atom. The molecule has 7 heteroatoms. The lowest BCUT2D eigenvalue weighted by atomic mass is 9.92. The van der Waals surface area contributed by atoms with Gasteiger partial charge in [0, 0.05) is 13.3 Å². The highest BCUT2D eigenvalue weighted by atomic mass is 32.1. The van der Waals surface area contributed by atoms with E-state index in [4.69, 9.17) is 10.5 Å². The minimum atomic E-state index is -1.11. The van der Waals surface area contributed by atoms with Crippen LogP contribution in [0.4, 0.5) is 5.13 Å². The molecule has 1 aromatic carbocycles. The van der Waals surface area contributed by atoms with Gasteiger partial charge in [0.1, 0.15) is 5.54 Å². The van der Waals surface area contributed by atoms with E-state index >= 15 is 0 Å². The Hall–Kier alpha value is -2.15. The van der Waals surface area contributed by atoms with Crippen LogP contribution < -0.4 is 11.1 Å². The van der Waals surface area contributed by atoms with E-state index < -0.39 is 11.5 Å². The number of carbonyl (C=O) groups excluding carboxylic acids is 2. The third kappa shape index (κ3) is 3.30. The first-order chi connectivity index (χ1) is 9.84. The number of amides is 1. The summed E-state index contributed by atoms with van der Waals surface area (Å²) in [4.78, 5) is 27.5. The van der Waals surface area contributed by atoms with Gasteiger partial charge in [-0.15, -0.1) is 0 Å². The van der Waals surface area contributed by atoms with Gasteiger partial charge in [-0.05, 0) is 24.6 Å². The number of benzene rings is 1. The Bertz CT molecular complexity index is 698. The number of nitrogens with zero attached hydrogens (tertiary/aromatic N) is 1. The molecule has 1 amide bonds. The highest BCUT2D eigenvalue weighted by Gasteiger charge is 2.35. The first-order valence-electron chi connectivity index (χ1n) is 6.36. The van der Waals surface area contributed by atoms with Crippen molar-refractivity contribution in [3.05, 3.63) is 23.8 Å². The van der Waals surface area contributed by atoms with Crippen molar-refractivity contribution < 1.29 is 14.3 Å². The zero-order valence-electron chi connectivity index (χ0n) is 12.1. The van der Waals surface area contributed by atoms with Crippen LogP contribution in [0.1, 0.15) is 19.4 Å². The Labute approximate surface area is 126 Å². The monoisotopic (exact) mass is 307 g/mol. The van der Waals surface area contributed by atoms with Crippen molar-refractivity contribution >= 4 is 38.6 Å². The van der Waals surface area contributed by atoms with E-state index in [1.165, 1.54) is 25.4 Å². The summed E-state index contributed by atoms with van der Waals surface area (Å²) >= 11 is 1.38. The highest BCUT2D eigenvalue weighted by molar-refractivity contribution is 7.22. The predicted molar refractivity (Wildman–Crippen MR) is 82.0 cm³/mol. The number of fused-ring (bicyclic) bond motifs is 1. The number of rotatable bonds is 4. The molecule has 0 radical (unpaired) electrons. The molecule has 2 rings (SSSR count). The molecule has 0 saturated heterocycles. The van der Waals surface area contributed by atoms with Gasteiger partial charge < -0.3 is 15.8 Å². The molecule has 0 saturated carbocycles. The number of ether oxygens (including phenoxy) is 1. The molecule has 0 unspecified atom stereocenters. The number of methoxy groups -OCH3 is 1. The molecule has 112 valence electrons. The molecule has 1 aromatic heterocycles. The van der Waals surface area contributed by atoms with Crippen molar-refractivity contribution in [1.82, 2.24) is 10.3 Å². The lowest BCUT2D eigenvalue weighted by Gasteiger charge is -2.27. The van der Waals surface area contributed by atoms with Crippen LogP contribution in [0.3, 0.4) is 0 Å². The van der Waals surface area contributed by atoms with E-state index in [0.717, 1.165) is 15.8 Å². The molecule has 0 fully saturated rings. The van der Waals surface area contributed by atoms with E-state index in [0.29, 0.717) is 11.6 Å². The Kier molecular flexibility index (Phi) is 4.13. The Balaban J connectivity index is 2.33. The number of aromatic nitrogens is 1. The first-order valence-corrected chi connectivity index (χ1v) is 7.18. The standard InChI is InChI=1S/C14H17N3O3S/c1-8(18)17-14(2,12(19)20-3)7-9-4-5-10-11(6-9)21-13(15)16-10/h4-6H,7H2,1-3H3,(H2,15,16)(H,17,18)/t14-/m0/s1.